The highest BCUT2D eigenvalue weighted by atomic mass is 15.4. The number of hydrogen-bond acceptors (Lipinski definition) is 3. The smallest absolute Gasteiger partial charge is 0.116 e. The van der Waals surface area contributed by atoms with Gasteiger partial charge >= 0.3 is 0 Å². The van der Waals surface area contributed by atoms with E-state index in [1.165, 1.54) is 11.1 Å². The van der Waals surface area contributed by atoms with Crippen molar-refractivity contribution in [3.05, 3.63) is 23.3 Å². The van der Waals surface area contributed by atoms with Crippen molar-refractivity contribution in [3.8, 4) is 0 Å². The van der Waals surface area contributed by atoms with E-state index in [4.69, 9.17) is 0 Å². The summed E-state index contributed by atoms with van der Waals surface area (Å²) in [7, 11) is 6.20. The summed E-state index contributed by atoms with van der Waals surface area (Å²) >= 11 is 0. The molecule has 19 heavy (non-hydrogen) atoms. The van der Waals surface area contributed by atoms with E-state index in [9.17, 15) is 0 Å². The van der Waals surface area contributed by atoms with E-state index >= 15 is 0 Å². The molecule has 2 rings (SSSR count). The zero-order valence-corrected chi connectivity index (χ0v) is 13.0. The van der Waals surface area contributed by atoms with Crippen LogP contribution in [-0.4, -0.2) is 34.0 Å². The average Bonchev–Trinajstić information content (AvgIpc) is 2.62. The fourth-order valence-corrected chi connectivity index (χ4v) is 3.06. The van der Waals surface area contributed by atoms with E-state index in [1.54, 1.807) is 0 Å². The SMILES string of the molecule is Cc1c(C(N(C)C)C(C)(C)C)ccc2c1nnn2C. The van der Waals surface area contributed by atoms with E-state index < -0.39 is 0 Å². The van der Waals surface area contributed by atoms with Gasteiger partial charge in [-0.15, -0.1) is 5.10 Å². The molecule has 0 saturated heterocycles. The van der Waals surface area contributed by atoms with E-state index in [-0.39, 0.29) is 5.41 Å². The standard InChI is InChI=1S/C15H24N4/c1-10-11(14(18(5)6)15(2,3)4)8-9-12-13(10)16-17-19(12)7/h8-9,14H,1-7H3. The Labute approximate surface area is 115 Å². The number of nitrogens with zero attached hydrogens (tertiary/aromatic N) is 4. The van der Waals surface area contributed by atoms with Gasteiger partial charge in [-0.25, -0.2) is 4.68 Å². The summed E-state index contributed by atoms with van der Waals surface area (Å²) in [5.41, 5.74) is 4.85. The molecule has 0 spiro atoms. The van der Waals surface area contributed by atoms with Crippen LogP contribution < -0.4 is 0 Å². The molecular weight excluding hydrogens is 236 g/mol. The fraction of sp³-hybridized carbons (Fsp3) is 0.600. The highest BCUT2D eigenvalue weighted by molar-refractivity contribution is 5.79. The first kappa shape index (κ1) is 14.0. The first-order valence-corrected chi connectivity index (χ1v) is 6.69. The van der Waals surface area contributed by atoms with Gasteiger partial charge in [-0.3, -0.25) is 0 Å². The van der Waals surface area contributed by atoms with Gasteiger partial charge in [-0.2, -0.15) is 0 Å². The predicted molar refractivity (Wildman–Crippen MR) is 79.1 cm³/mol. The molecule has 1 heterocycles. The Kier molecular flexibility index (Phi) is 3.39. The van der Waals surface area contributed by atoms with Crippen LogP contribution in [0.25, 0.3) is 11.0 Å². The normalized spacial score (nSPS) is 14.3. The van der Waals surface area contributed by atoms with Crippen LogP contribution in [0.5, 0.6) is 0 Å². The monoisotopic (exact) mass is 260 g/mol. The second-order valence-corrected chi connectivity index (χ2v) is 6.59. The molecule has 2 aromatic rings. The topological polar surface area (TPSA) is 34.0 Å². The lowest BCUT2D eigenvalue weighted by Crippen LogP contribution is -2.32. The van der Waals surface area contributed by atoms with Crippen molar-refractivity contribution >= 4 is 11.0 Å². The van der Waals surface area contributed by atoms with Crippen LogP contribution >= 0.6 is 0 Å². The second-order valence-electron chi connectivity index (χ2n) is 6.59. The number of benzene rings is 1. The van der Waals surface area contributed by atoms with Gasteiger partial charge in [-0.1, -0.05) is 32.1 Å². The Morgan fingerprint density at radius 1 is 1.21 bits per heavy atom. The maximum Gasteiger partial charge on any atom is 0.116 e. The number of hydrogen-bond donors (Lipinski definition) is 0. The maximum absolute atomic E-state index is 4.30. The van der Waals surface area contributed by atoms with Gasteiger partial charge in [0.15, 0.2) is 0 Å². The number of fused-ring (bicyclic) bond motifs is 1. The van der Waals surface area contributed by atoms with Crippen LogP contribution in [0.3, 0.4) is 0 Å². The van der Waals surface area contributed by atoms with Gasteiger partial charge in [-0.05, 0) is 43.6 Å². The summed E-state index contributed by atoms with van der Waals surface area (Å²) in [6, 6.07) is 4.70. The van der Waals surface area contributed by atoms with Gasteiger partial charge in [0, 0.05) is 13.1 Å². The van der Waals surface area contributed by atoms with E-state index in [2.05, 4.69) is 69.1 Å². The predicted octanol–water partition coefficient (Wildman–Crippen LogP) is 2.93. The van der Waals surface area contributed by atoms with E-state index in [1.807, 2.05) is 11.7 Å². The average molecular weight is 260 g/mol. The fourth-order valence-electron chi connectivity index (χ4n) is 3.06. The van der Waals surface area contributed by atoms with Crippen LogP contribution in [-0.2, 0) is 7.05 Å². The molecule has 1 aromatic heterocycles. The summed E-state index contributed by atoms with van der Waals surface area (Å²) in [6.45, 7) is 8.97. The highest BCUT2D eigenvalue weighted by Gasteiger charge is 2.30. The Hall–Kier alpha value is -1.42. The van der Waals surface area contributed by atoms with Gasteiger partial charge in [0.25, 0.3) is 0 Å². The molecule has 0 radical (unpaired) electrons. The molecule has 0 amide bonds. The van der Waals surface area contributed by atoms with Crippen molar-refractivity contribution < 1.29 is 0 Å². The minimum Gasteiger partial charge on any atom is -0.302 e. The van der Waals surface area contributed by atoms with Crippen LogP contribution in [0.1, 0.15) is 37.9 Å². The minimum absolute atomic E-state index is 0.171. The van der Waals surface area contributed by atoms with Crippen molar-refractivity contribution in [2.75, 3.05) is 14.1 Å². The molecule has 0 fully saturated rings. The Morgan fingerprint density at radius 3 is 2.37 bits per heavy atom. The molecule has 0 saturated carbocycles. The molecular formula is C15H24N4. The molecule has 4 nitrogen and oxygen atoms in total. The van der Waals surface area contributed by atoms with Crippen molar-refractivity contribution in [1.82, 2.24) is 19.9 Å². The Bertz CT molecular complexity index is 590. The maximum atomic E-state index is 4.30. The quantitative estimate of drug-likeness (QED) is 0.832. The minimum atomic E-state index is 0.171. The summed E-state index contributed by atoms with van der Waals surface area (Å²) in [5.74, 6) is 0. The summed E-state index contributed by atoms with van der Waals surface area (Å²) in [5, 5.41) is 8.41. The van der Waals surface area contributed by atoms with Crippen molar-refractivity contribution in [1.29, 1.82) is 0 Å². The number of aryl methyl sites for hydroxylation is 2. The molecule has 104 valence electrons. The van der Waals surface area contributed by atoms with Crippen molar-refractivity contribution in [2.24, 2.45) is 12.5 Å². The van der Waals surface area contributed by atoms with Gasteiger partial charge in [0.05, 0.1) is 5.52 Å². The van der Waals surface area contributed by atoms with Crippen molar-refractivity contribution in [3.63, 3.8) is 0 Å². The molecule has 0 aliphatic rings. The van der Waals surface area contributed by atoms with E-state index in [0.29, 0.717) is 6.04 Å². The zero-order valence-electron chi connectivity index (χ0n) is 13.0. The first-order chi connectivity index (χ1) is 8.73. The van der Waals surface area contributed by atoms with Crippen LogP contribution in [0, 0.1) is 12.3 Å². The molecule has 0 N–H and O–H groups in total. The second kappa shape index (κ2) is 4.60. The third-order valence-corrected chi connectivity index (χ3v) is 3.71. The van der Waals surface area contributed by atoms with Crippen LogP contribution in [0.15, 0.2) is 12.1 Å². The van der Waals surface area contributed by atoms with Crippen LogP contribution in [0.2, 0.25) is 0 Å². The Balaban J connectivity index is 2.64. The molecule has 0 aliphatic carbocycles. The zero-order chi connectivity index (χ0) is 14.4. The van der Waals surface area contributed by atoms with Gasteiger partial charge in [0.2, 0.25) is 0 Å². The summed E-state index contributed by atoms with van der Waals surface area (Å²) < 4.78 is 1.83. The van der Waals surface area contributed by atoms with Crippen molar-refractivity contribution in [2.45, 2.75) is 33.7 Å². The lowest BCUT2D eigenvalue weighted by atomic mass is 9.80. The number of aromatic nitrogens is 3. The largest absolute Gasteiger partial charge is 0.302 e. The molecule has 1 atom stereocenters. The summed E-state index contributed by atoms with van der Waals surface area (Å²) in [4.78, 5) is 2.28. The molecule has 0 bridgehead atoms. The molecule has 0 aliphatic heterocycles. The third kappa shape index (κ3) is 2.37. The molecule has 1 unspecified atom stereocenters. The molecule has 4 heteroatoms. The highest BCUT2D eigenvalue weighted by Crippen LogP contribution is 2.39. The lowest BCUT2D eigenvalue weighted by Gasteiger charge is -2.37. The number of rotatable bonds is 2. The Morgan fingerprint density at radius 2 is 1.84 bits per heavy atom. The first-order valence-electron chi connectivity index (χ1n) is 6.69. The van der Waals surface area contributed by atoms with Gasteiger partial charge < -0.3 is 4.90 Å². The third-order valence-electron chi connectivity index (χ3n) is 3.71. The van der Waals surface area contributed by atoms with Crippen LogP contribution in [0.4, 0.5) is 0 Å². The summed E-state index contributed by atoms with van der Waals surface area (Å²) in [6.07, 6.45) is 0. The lowest BCUT2D eigenvalue weighted by molar-refractivity contribution is 0.153. The van der Waals surface area contributed by atoms with E-state index in [0.717, 1.165) is 11.0 Å². The van der Waals surface area contributed by atoms with Gasteiger partial charge in [0.1, 0.15) is 5.52 Å². The molecule has 1 aromatic carbocycles.